The molecule has 9 nitrogen and oxygen atoms in total. The molecule has 1 aromatic heterocycles. The number of carbonyl (C=O) groups is 1. The summed E-state index contributed by atoms with van der Waals surface area (Å²) >= 11 is 0. The van der Waals surface area contributed by atoms with E-state index in [0.717, 1.165) is 11.1 Å². The Hall–Kier alpha value is -5.23. The van der Waals surface area contributed by atoms with E-state index in [-0.39, 0.29) is 5.57 Å². The van der Waals surface area contributed by atoms with Crippen LogP contribution in [0.15, 0.2) is 78.5 Å². The van der Waals surface area contributed by atoms with Crippen LogP contribution in [0.5, 0.6) is 23.0 Å². The third kappa shape index (κ3) is 6.19. The number of hydrogen-bond acceptors (Lipinski definition) is 7. The highest BCUT2D eigenvalue weighted by molar-refractivity contribution is 6.10. The maximum absolute atomic E-state index is 13.1. The molecule has 39 heavy (non-hydrogen) atoms. The van der Waals surface area contributed by atoms with Gasteiger partial charge < -0.3 is 24.3 Å². The number of nitriles is 1. The normalized spacial score (nSPS) is 10.9. The van der Waals surface area contributed by atoms with Gasteiger partial charge in [0.15, 0.2) is 11.5 Å². The van der Waals surface area contributed by atoms with Crippen molar-refractivity contribution in [3.8, 4) is 40.3 Å². The molecule has 9 heteroatoms. The lowest BCUT2D eigenvalue weighted by atomic mass is 10.0. The zero-order valence-electron chi connectivity index (χ0n) is 22.1. The summed E-state index contributed by atoms with van der Waals surface area (Å²) in [4.78, 5) is 13.1. The van der Waals surface area contributed by atoms with Gasteiger partial charge >= 0.3 is 0 Å². The highest BCUT2D eigenvalue weighted by Gasteiger charge is 2.18. The molecule has 1 heterocycles. The molecular formula is C30H28N4O5. The van der Waals surface area contributed by atoms with Crippen LogP contribution in [0.4, 0.5) is 5.69 Å². The van der Waals surface area contributed by atoms with Gasteiger partial charge in [0.1, 0.15) is 23.1 Å². The Morgan fingerprint density at radius 2 is 1.67 bits per heavy atom. The van der Waals surface area contributed by atoms with Gasteiger partial charge in [0.25, 0.3) is 5.91 Å². The zero-order valence-corrected chi connectivity index (χ0v) is 22.1. The van der Waals surface area contributed by atoms with E-state index in [4.69, 9.17) is 24.0 Å². The second kappa shape index (κ2) is 12.3. The Kier molecular flexibility index (Phi) is 8.49. The number of amides is 1. The average Bonchev–Trinajstić information content (AvgIpc) is 3.37. The molecule has 0 fully saturated rings. The summed E-state index contributed by atoms with van der Waals surface area (Å²) in [6, 6.07) is 22.3. The molecule has 0 atom stereocenters. The molecule has 0 aliphatic carbocycles. The van der Waals surface area contributed by atoms with E-state index in [1.807, 2.05) is 42.5 Å². The number of hydrogen-bond donors (Lipinski definition) is 1. The summed E-state index contributed by atoms with van der Waals surface area (Å²) in [6.07, 6.45) is 3.32. The molecule has 0 unspecified atom stereocenters. The number of methoxy groups -OCH3 is 4. The Morgan fingerprint density at radius 3 is 2.33 bits per heavy atom. The van der Waals surface area contributed by atoms with Gasteiger partial charge in [0.2, 0.25) is 0 Å². The summed E-state index contributed by atoms with van der Waals surface area (Å²) in [6.45, 7) is 0.506. The summed E-state index contributed by atoms with van der Waals surface area (Å²) < 4.78 is 23.2. The molecule has 0 bridgehead atoms. The van der Waals surface area contributed by atoms with Crippen LogP contribution in [0, 0.1) is 11.3 Å². The van der Waals surface area contributed by atoms with Crippen molar-refractivity contribution in [2.24, 2.45) is 0 Å². The number of aromatic nitrogens is 2. The molecule has 3 aromatic carbocycles. The van der Waals surface area contributed by atoms with Crippen molar-refractivity contribution in [2.75, 3.05) is 33.8 Å². The van der Waals surface area contributed by atoms with Crippen molar-refractivity contribution in [3.63, 3.8) is 0 Å². The lowest BCUT2D eigenvalue weighted by Gasteiger charge is -2.11. The molecule has 0 spiro atoms. The second-order valence-electron chi connectivity index (χ2n) is 8.38. The molecule has 4 rings (SSSR count). The summed E-state index contributed by atoms with van der Waals surface area (Å²) in [5, 5.41) is 17.4. The van der Waals surface area contributed by atoms with Crippen LogP contribution >= 0.6 is 0 Å². The van der Waals surface area contributed by atoms with Crippen LogP contribution in [0.25, 0.3) is 17.3 Å². The standard InChI is InChI=1S/C30H28N4O5/c1-36-24-11-12-25(27(16-24)38-3)32-30(35)22(17-31)14-23-19-34(18-20-8-6-5-7-9-20)33-29(23)21-10-13-26(37-2)28(15-21)39-4/h5-16,19H,18H2,1-4H3,(H,32,35). The summed E-state index contributed by atoms with van der Waals surface area (Å²) in [5.41, 5.74) is 3.26. The molecule has 4 aromatic rings. The fourth-order valence-corrected chi connectivity index (χ4v) is 4.00. The average molecular weight is 525 g/mol. The Bertz CT molecular complexity index is 1540. The Balaban J connectivity index is 1.74. The van der Waals surface area contributed by atoms with Crippen molar-refractivity contribution in [1.29, 1.82) is 5.26 Å². The van der Waals surface area contributed by atoms with E-state index in [1.165, 1.54) is 20.3 Å². The van der Waals surface area contributed by atoms with Crippen LogP contribution < -0.4 is 24.3 Å². The van der Waals surface area contributed by atoms with Crippen molar-refractivity contribution in [3.05, 3.63) is 89.6 Å². The predicted molar refractivity (Wildman–Crippen MR) is 148 cm³/mol. The maximum atomic E-state index is 13.1. The third-order valence-corrected chi connectivity index (χ3v) is 5.96. The minimum atomic E-state index is -0.588. The van der Waals surface area contributed by atoms with Crippen LogP contribution in [-0.2, 0) is 11.3 Å². The van der Waals surface area contributed by atoms with E-state index in [1.54, 1.807) is 55.4 Å². The number of carbonyl (C=O) groups excluding carboxylic acids is 1. The molecule has 1 amide bonds. The largest absolute Gasteiger partial charge is 0.497 e. The summed E-state index contributed by atoms with van der Waals surface area (Å²) in [5.74, 6) is 1.50. The van der Waals surface area contributed by atoms with E-state index in [2.05, 4.69) is 5.32 Å². The summed E-state index contributed by atoms with van der Waals surface area (Å²) in [7, 11) is 6.15. The first kappa shape index (κ1) is 26.8. The number of ether oxygens (including phenoxy) is 4. The van der Waals surface area contributed by atoms with Crippen LogP contribution in [-0.4, -0.2) is 44.1 Å². The van der Waals surface area contributed by atoms with Gasteiger partial charge in [-0.2, -0.15) is 10.4 Å². The third-order valence-electron chi connectivity index (χ3n) is 5.96. The van der Waals surface area contributed by atoms with Gasteiger partial charge in [0, 0.05) is 23.4 Å². The minimum Gasteiger partial charge on any atom is -0.497 e. The van der Waals surface area contributed by atoms with E-state index in [0.29, 0.717) is 46.5 Å². The second-order valence-corrected chi connectivity index (χ2v) is 8.38. The predicted octanol–water partition coefficient (Wildman–Crippen LogP) is 5.18. The van der Waals surface area contributed by atoms with Crippen molar-refractivity contribution in [2.45, 2.75) is 6.54 Å². The van der Waals surface area contributed by atoms with Gasteiger partial charge in [0.05, 0.1) is 46.4 Å². The molecule has 0 saturated carbocycles. The molecule has 1 N–H and O–H groups in total. The topological polar surface area (TPSA) is 108 Å². The van der Waals surface area contributed by atoms with E-state index >= 15 is 0 Å². The first-order valence-electron chi connectivity index (χ1n) is 12.0. The van der Waals surface area contributed by atoms with Crippen LogP contribution in [0.1, 0.15) is 11.1 Å². The SMILES string of the molecule is COc1ccc(NC(=O)C(C#N)=Cc2cn(Cc3ccccc3)nc2-c2ccc(OC)c(OC)c2)c(OC)c1. The van der Waals surface area contributed by atoms with Crippen molar-refractivity contribution < 1.29 is 23.7 Å². The molecule has 0 aliphatic rings. The molecular weight excluding hydrogens is 496 g/mol. The highest BCUT2D eigenvalue weighted by atomic mass is 16.5. The van der Waals surface area contributed by atoms with Gasteiger partial charge in [-0.25, -0.2) is 0 Å². The van der Waals surface area contributed by atoms with E-state index in [9.17, 15) is 10.1 Å². The fourth-order valence-electron chi connectivity index (χ4n) is 4.00. The highest BCUT2D eigenvalue weighted by Crippen LogP contribution is 2.34. The van der Waals surface area contributed by atoms with Crippen molar-refractivity contribution >= 4 is 17.7 Å². The monoisotopic (exact) mass is 524 g/mol. The molecule has 0 radical (unpaired) electrons. The first-order chi connectivity index (χ1) is 19.0. The Labute approximate surface area is 226 Å². The Morgan fingerprint density at radius 1 is 0.923 bits per heavy atom. The van der Waals surface area contributed by atoms with Gasteiger partial charge in [-0.3, -0.25) is 9.48 Å². The molecule has 0 saturated heterocycles. The van der Waals surface area contributed by atoms with Gasteiger partial charge in [-0.1, -0.05) is 30.3 Å². The van der Waals surface area contributed by atoms with Gasteiger partial charge in [-0.05, 0) is 42.0 Å². The number of benzene rings is 3. The molecule has 0 aliphatic heterocycles. The lowest BCUT2D eigenvalue weighted by molar-refractivity contribution is -0.112. The van der Waals surface area contributed by atoms with Gasteiger partial charge in [-0.15, -0.1) is 0 Å². The number of nitrogens with one attached hydrogen (secondary N) is 1. The lowest BCUT2D eigenvalue weighted by Crippen LogP contribution is -2.14. The quantitative estimate of drug-likeness (QED) is 0.225. The fraction of sp³-hybridized carbons (Fsp3) is 0.167. The first-order valence-corrected chi connectivity index (χ1v) is 12.0. The molecule has 198 valence electrons. The van der Waals surface area contributed by atoms with Crippen LogP contribution in [0.2, 0.25) is 0 Å². The van der Waals surface area contributed by atoms with Crippen LogP contribution in [0.3, 0.4) is 0 Å². The number of nitrogens with zero attached hydrogens (tertiary/aromatic N) is 3. The van der Waals surface area contributed by atoms with E-state index < -0.39 is 5.91 Å². The van der Waals surface area contributed by atoms with Crippen molar-refractivity contribution in [1.82, 2.24) is 9.78 Å². The maximum Gasteiger partial charge on any atom is 0.266 e. The number of rotatable bonds is 10. The minimum absolute atomic E-state index is 0.103. The zero-order chi connectivity index (χ0) is 27.8. The smallest absolute Gasteiger partial charge is 0.266 e. The number of anilines is 1.